The fourth-order valence-corrected chi connectivity index (χ4v) is 5.00. The minimum Gasteiger partial charge on any atom is -0.494 e. The summed E-state index contributed by atoms with van der Waals surface area (Å²) in [5.41, 5.74) is 1.27. The number of non-ortho nitro benzene ring substituents is 1. The van der Waals surface area contributed by atoms with Crippen molar-refractivity contribution in [2.75, 3.05) is 32.1 Å². The number of hydrogen-bond acceptors (Lipinski definition) is 7. The minimum absolute atomic E-state index is 0.0889. The van der Waals surface area contributed by atoms with Crippen LogP contribution in [0.2, 0.25) is 5.02 Å². The molecule has 1 aliphatic heterocycles. The topological polar surface area (TPSA) is 97.6 Å². The number of halogens is 1. The number of methoxy groups -OCH3 is 1. The number of nitrogens with zero attached hydrogens (tertiary/aromatic N) is 3. The van der Waals surface area contributed by atoms with E-state index in [0.29, 0.717) is 16.6 Å². The Labute approximate surface area is 187 Å². The van der Waals surface area contributed by atoms with Gasteiger partial charge in [-0.3, -0.25) is 19.8 Å². The van der Waals surface area contributed by atoms with Crippen molar-refractivity contribution in [3.63, 3.8) is 0 Å². The van der Waals surface area contributed by atoms with Crippen LogP contribution in [-0.4, -0.2) is 47.5 Å². The second kappa shape index (κ2) is 9.17. The van der Waals surface area contributed by atoms with Crippen molar-refractivity contribution in [2.45, 2.75) is 18.8 Å². The number of nitrogens with one attached hydrogen (secondary N) is 1. The van der Waals surface area contributed by atoms with Crippen LogP contribution in [0.15, 0.2) is 36.4 Å². The van der Waals surface area contributed by atoms with Crippen LogP contribution < -0.4 is 10.1 Å². The van der Waals surface area contributed by atoms with Crippen LogP contribution >= 0.6 is 22.9 Å². The Bertz CT molecular complexity index is 1130. The molecule has 0 atom stereocenters. The summed E-state index contributed by atoms with van der Waals surface area (Å²) in [5, 5.41) is 15.5. The van der Waals surface area contributed by atoms with E-state index >= 15 is 0 Å². The summed E-state index contributed by atoms with van der Waals surface area (Å²) in [6.07, 6.45) is 1.86. The average Bonchev–Trinajstić information content (AvgIpc) is 3.17. The smallest absolute Gasteiger partial charge is 0.273 e. The summed E-state index contributed by atoms with van der Waals surface area (Å²) < 4.78 is 6.31. The fourth-order valence-electron chi connectivity index (χ4n) is 3.72. The third kappa shape index (κ3) is 4.95. The number of likely N-dealkylation sites (tertiary alicyclic amines) is 1. The molecule has 0 bridgehead atoms. The van der Waals surface area contributed by atoms with Gasteiger partial charge in [0, 0.05) is 17.0 Å². The van der Waals surface area contributed by atoms with Gasteiger partial charge in [0.25, 0.3) is 5.69 Å². The molecule has 1 aromatic heterocycles. The summed E-state index contributed by atoms with van der Waals surface area (Å²) in [7, 11) is 1.41. The largest absolute Gasteiger partial charge is 0.494 e. The number of ether oxygens (including phenoxy) is 1. The molecule has 10 heteroatoms. The zero-order valence-electron chi connectivity index (χ0n) is 16.8. The Morgan fingerprint density at radius 3 is 2.81 bits per heavy atom. The van der Waals surface area contributed by atoms with Gasteiger partial charge < -0.3 is 10.1 Å². The molecule has 1 saturated heterocycles. The number of piperidine rings is 1. The molecule has 3 aromatic rings. The van der Waals surface area contributed by atoms with Gasteiger partial charge in [0.15, 0.2) is 0 Å². The number of anilines is 1. The Balaban J connectivity index is 1.33. The van der Waals surface area contributed by atoms with E-state index in [9.17, 15) is 14.9 Å². The molecule has 0 saturated carbocycles. The highest BCUT2D eigenvalue weighted by Gasteiger charge is 2.25. The molecule has 0 unspecified atom stereocenters. The van der Waals surface area contributed by atoms with Crippen molar-refractivity contribution in [2.24, 2.45) is 0 Å². The van der Waals surface area contributed by atoms with E-state index in [2.05, 4.69) is 10.2 Å². The summed E-state index contributed by atoms with van der Waals surface area (Å²) in [6.45, 7) is 1.85. The molecule has 2 aromatic carbocycles. The van der Waals surface area contributed by atoms with Crippen molar-refractivity contribution >= 4 is 50.4 Å². The Morgan fingerprint density at radius 2 is 2.10 bits per heavy atom. The number of fused-ring (bicyclic) bond motifs is 1. The molecule has 8 nitrogen and oxygen atoms in total. The predicted molar refractivity (Wildman–Crippen MR) is 121 cm³/mol. The van der Waals surface area contributed by atoms with Crippen LogP contribution in [0.4, 0.5) is 11.4 Å². The lowest BCUT2D eigenvalue weighted by molar-refractivity contribution is -0.384. The van der Waals surface area contributed by atoms with Gasteiger partial charge in [-0.05, 0) is 50.2 Å². The van der Waals surface area contributed by atoms with Gasteiger partial charge in [-0.25, -0.2) is 4.98 Å². The van der Waals surface area contributed by atoms with Crippen LogP contribution in [-0.2, 0) is 4.79 Å². The third-order valence-electron chi connectivity index (χ3n) is 5.34. The maximum Gasteiger partial charge on any atom is 0.273 e. The zero-order valence-corrected chi connectivity index (χ0v) is 18.4. The second-order valence-electron chi connectivity index (χ2n) is 7.40. The van der Waals surface area contributed by atoms with Gasteiger partial charge in [0.05, 0.1) is 45.6 Å². The van der Waals surface area contributed by atoms with E-state index in [-0.39, 0.29) is 23.9 Å². The molecule has 2 heterocycles. The van der Waals surface area contributed by atoms with Crippen molar-refractivity contribution in [3.8, 4) is 5.75 Å². The van der Waals surface area contributed by atoms with Crippen molar-refractivity contribution in [3.05, 3.63) is 56.5 Å². The van der Waals surface area contributed by atoms with Gasteiger partial charge in [-0.15, -0.1) is 11.3 Å². The number of nitro benzene ring substituents is 1. The average molecular weight is 461 g/mol. The van der Waals surface area contributed by atoms with Crippen LogP contribution in [0.3, 0.4) is 0 Å². The van der Waals surface area contributed by atoms with Gasteiger partial charge in [0.1, 0.15) is 5.75 Å². The van der Waals surface area contributed by atoms with E-state index in [1.165, 1.54) is 25.3 Å². The van der Waals surface area contributed by atoms with E-state index < -0.39 is 4.92 Å². The number of aromatic nitrogens is 1. The van der Waals surface area contributed by atoms with Crippen LogP contribution in [0.1, 0.15) is 23.8 Å². The maximum atomic E-state index is 12.5. The lowest BCUT2D eigenvalue weighted by atomic mass is 9.97. The molecule has 31 heavy (non-hydrogen) atoms. The Hall–Kier alpha value is -2.75. The molecule has 1 N–H and O–H groups in total. The van der Waals surface area contributed by atoms with E-state index in [1.807, 2.05) is 18.2 Å². The second-order valence-corrected chi connectivity index (χ2v) is 8.90. The molecule has 162 valence electrons. The van der Waals surface area contributed by atoms with Gasteiger partial charge in [0.2, 0.25) is 5.91 Å². The normalized spacial score (nSPS) is 15.2. The van der Waals surface area contributed by atoms with Crippen LogP contribution in [0.25, 0.3) is 10.2 Å². The van der Waals surface area contributed by atoms with Gasteiger partial charge in [-0.2, -0.15) is 0 Å². The molecular formula is C21H21ClN4O4S. The molecule has 1 amide bonds. The summed E-state index contributed by atoms with van der Waals surface area (Å²) in [4.78, 5) is 29.8. The number of carbonyl (C=O) groups excluding carboxylic acids is 1. The standard InChI is InChI=1S/C21H21ClN4O4S/c1-30-18-11-15(26(28)29)3-4-16(18)23-20(27)12-25-8-6-13(7-9-25)21-24-17-10-14(22)2-5-19(17)31-21/h2-5,10-11,13H,6-9,12H2,1H3,(H,23,27). The first-order valence-electron chi connectivity index (χ1n) is 9.83. The first-order chi connectivity index (χ1) is 14.9. The van der Waals surface area contributed by atoms with E-state index in [0.717, 1.165) is 41.2 Å². The minimum atomic E-state index is -0.502. The molecule has 0 radical (unpaired) electrons. The number of amides is 1. The predicted octanol–water partition coefficient (Wildman–Crippen LogP) is 4.68. The molecular weight excluding hydrogens is 440 g/mol. The highest BCUT2D eigenvalue weighted by molar-refractivity contribution is 7.18. The zero-order chi connectivity index (χ0) is 22.0. The van der Waals surface area contributed by atoms with Crippen molar-refractivity contribution in [1.82, 2.24) is 9.88 Å². The summed E-state index contributed by atoms with van der Waals surface area (Å²) in [6, 6.07) is 9.90. The molecule has 0 aliphatic carbocycles. The molecule has 1 aliphatic rings. The number of hydrogen-bond donors (Lipinski definition) is 1. The Kier molecular flexibility index (Phi) is 6.35. The first-order valence-corrected chi connectivity index (χ1v) is 11.0. The van der Waals surface area contributed by atoms with Gasteiger partial charge in [-0.1, -0.05) is 11.6 Å². The lowest BCUT2D eigenvalue weighted by Gasteiger charge is -2.30. The first kappa shape index (κ1) is 21.5. The Morgan fingerprint density at radius 1 is 1.32 bits per heavy atom. The molecule has 4 rings (SSSR count). The molecule has 0 spiro atoms. The monoisotopic (exact) mass is 460 g/mol. The quantitative estimate of drug-likeness (QED) is 0.423. The highest BCUT2D eigenvalue weighted by atomic mass is 35.5. The van der Waals surface area contributed by atoms with Crippen LogP contribution in [0.5, 0.6) is 5.75 Å². The van der Waals surface area contributed by atoms with Crippen molar-refractivity contribution < 1.29 is 14.5 Å². The molecule has 1 fully saturated rings. The SMILES string of the molecule is COc1cc([N+](=O)[O-])ccc1NC(=O)CN1CCC(c2nc3cc(Cl)ccc3s2)CC1. The fraction of sp³-hybridized carbons (Fsp3) is 0.333. The van der Waals surface area contributed by atoms with Crippen LogP contribution in [0, 0.1) is 10.1 Å². The summed E-state index contributed by atoms with van der Waals surface area (Å²) in [5.74, 6) is 0.461. The van der Waals surface area contributed by atoms with Gasteiger partial charge >= 0.3 is 0 Å². The number of benzene rings is 2. The third-order valence-corrected chi connectivity index (χ3v) is 6.77. The van der Waals surface area contributed by atoms with E-state index in [4.69, 9.17) is 21.3 Å². The number of thiazole rings is 1. The summed E-state index contributed by atoms with van der Waals surface area (Å²) >= 11 is 7.77. The maximum absolute atomic E-state index is 12.5. The van der Waals surface area contributed by atoms with E-state index in [1.54, 1.807) is 11.3 Å². The lowest BCUT2D eigenvalue weighted by Crippen LogP contribution is -2.38. The van der Waals surface area contributed by atoms with Crippen molar-refractivity contribution in [1.29, 1.82) is 0 Å². The highest BCUT2D eigenvalue weighted by Crippen LogP contribution is 2.35. The number of rotatable bonds is 6. The number of nitro groups is 1. The number of carbonyl (C=O) groups is 1.